The van der Waals surface area contributed by atoms with Crippen LogP contribution in [0.5, 0.6) is 5.75 Å². The predicted octanol–water partition coefficient (Wildman–Crippen LogP) is 2.90. The summed E-state index contributed by atoms with van der Waals surface area (Å²) in [5.41, 5.74) is 8.05. The minimum absolute atomic E-state index is 0.0218. The Morgan fingerprint density at radius 2 is 1.93 bits per heavy atom. The zero-order chi connectivity index (χ0) is 19.8. The zero-order valence-electron chi connectivity index (χ0n) is 16.3. The summed E-state index contributed by atoms with van der Waals surface area (Å²) in [5, 5.41) is 2.99. The Balaban J connectivity index is 1.44. The van der Waals surface area contributed by atoms with E-state index in [9.17, 15) is 4.79 Å². The fraction of sp³-hybridized carbons (Fsp3) is 0.364. The molecule has 1 heterocycles. The lowest BCUT2D eigenvalue weighted by Crippen LogP contribution is -2.40. The van der Waals surface area contributed by atoms with Gasteiger partial charge in [0.1, 0.15) is 12.3 Å². The van der Waals surface area contributed by atoms with Crippen molar-refractivity contribution in [3.05, 3.63) is 60.2 Å². The summed E-state index contributed by atoms with van der Waals surface area (Å²) in [6.07, 6.45) is 3.14. The van der Waals surface area contributed by atoms with Gasteiger partial charge in [-0.25, -0.2) is 4.99 Å². The summed E-state index contributed by atoms with van der Waals surface area (Å²) in [6.45, 7) is 1.64. The fourth-order valence-electron chi connectivity index (χ4n) is 3.47. The molecule has 0 radical (unpaired) electrons. The normalized spacial score (nSPS) is 15.3. The molecule has 0 aromatic heterocycles. The highest BCUT2D eigenvalue weighted by Gasteiger charge is 2.22. The molecule has 1 fully saturated rings. The molecule has 1 saturated heterocycles. The highest BCUT2D eigenvalue weighted by Crippen LogP contribution is 2.21. The summed E-state index contributed by atoms with van der Waals surface area (Å²) in [4.78, 5) is 18.5. The number of aliphatic imine (C=N–C) groups is 1. The van der Waals surface area contributed by atoms with E-state index in [1.165, 1.54) is 5.56 Å². The van der Waals surface area contributed by atoms with Crippen LogP contribution in [0.4, 0.5) is 5.69 Å². The Kier molecular flexibility index (Phi) is 6.89. The molecule has 0 aliphatic carbocycles. The largest absolute Gasteiger partial charge is 0.497 e. The Hall–Kier alpha value is -3.02. The number of nitrogens with one attached hydrogen (secondary N) is 1. The lowest BCUT2D eigenvalue weighted by molar-refractivity contribution is -0.130. The molecule has 6 nitrogen and oxygen atoms in total. The van der Waals surface area contributed by atoms with Crippen molar-refractivity contribution in [1.82, 2.24) is 4.90 Å². The number of benzene rings is 2. The first-order valence-electron chi connectivity index (χ1n) is 9.66. The number of nitrogens with two attached hydrogens (primary N) is 1. The van der Waals surface area contributed by atoms with Gasteiger partial charge in [-0.05, 0) is 42.9 Å². The number of rotatable bonds is 6. The van der Waals surface area contributed by atoms with Gasteiger partial charge in [0.15, 0.2) is 5.96 Å². The van der Waals surface area contributed by atoms with Crippen LogP contribution >= 0.6 is 0 Å². The highest BCUT2D eigenvalue weighted by molar-refractivity contribution is 5.94. The van der Waals surface area contributed by atoms with E-state index in [0.717, 1.165) is 43.8 Å². The molecule has 28 heavy (non-hydrogen) atoms. The number of carbonyl (C=O) groups excluding carboxylic acids is 1. The van der Waals surface area contributed by atoms with E-state index in [1.807, 2.05) is 35.2 Å². The summed E-state index contributed by atoms with van der Waals surface area (Å²) in [7, 11) is 1.61. The molecule has 148 valence electrons. The van der Waals surface area contributed by atoms with E-state index >= 15 is 0 Å². The maximum absolute atomic E-state index is 12.4. The number of ether oxygens (including phenoxy) is 1. The van der Waals surface area contributed by atoms with E-state index in [4.69, 9.17) is 10.5 Å². The van der Waals surface area contributed by atoms with Gasteiger partial charge in [0.25, 0.3) is 0 Å². The van der Waals surface area contributed by atoms with Crippen molar-refractivity contribution in [3.63, 3.8) is 0 Å². The van der Waals surface area contributed by atoms with E-state index in [1.54, 1.807) is 7.11 Å². The standard InChI is InChI=1S/C22H28N4O2/c1-28-20-9-5-8-19(15-20)25-22(23)24-16-21(27)26-12-10-18(11-13-26)14-17-6-3-2-4-7-17/h2-9,15,18H,10-14,16H2,1H3,(H3,23,24,25). The molecule has 0 unspecified atom stereocenters. The summed E-state index contributed by atoms with van der Waals surface area (Å²) in [5.74, 6) is 1.61. The van der Waals surface area contributed by atoms with Crippen molar-refractivity contribution < 1.29 is 9.53 Å². The first kappa shape index (κ1) is 19.7. The maximum atomic E-state index is 12.4. The predicted molar refractivity (Wildman–Crippen MR) is 113 cm³/mol. The molecule has 3 N–H and O–H groups in total. The van der Waals surface area contributed by atoms with Crippen LogP contribution in [0.3, 0.4) is 0 Å². The van der Waals surface area contributed by atoms with E-state index in [-0.39, 0.29) is 18.4 Å². The molecule has 2 aromatic carbocycles. The van der Waals surface area contributed by atoms with Crippen LogP contribution in [0.25, 0.3) is 0 Å². The van der Waals surface area contributed by atoms with Gasteiger partial charge in [-0.3, -0.25) is 4.79 Å². The average Bonchev–Trinajstić information content (AvgIpc) is 2.73. The number of anilines is 1. The van der Waals surface area contributed by atoms with Crippen molar-refractivity contribution in [3.8, 4) is 5.75 Å². The van der Waals surface area contributed by atoms with Gasteiger partial charge in [0.2, 0.25) is 5.91 Å². The third kappa shape index (κ3) is 5.74. The first-order valence-corrected chi connectivity index (χ1v) is 9.66. The molecule has 6 heteroatoms. The Bertz CT molecular complexity index is 799. The van der Waals surface area contributed by atoms with Crippen molar-refractivity contribution in [2.24, 2.45) is 16.6 Å². The van der Waals surface area contributed by atoms with Gasteiger partial charge >= 0.3 is 0 Å². The maximum Gasteiger partial charge on any atom is 0.244 e. The van der Waals surface area contributed by atoms with Gasteiger partial charge in [0.05, 0.1) is 7.11 Å². The Labute approximate surface area is 166 Å². The molecular formula is C22H28N4O2. The van der Waals surface area contributed by atoms with Gasteiger partial charge in [-0.2, -0.15) is 0 Å². The number of methoxy groups -OCH3 is 1. The number of hydrogen-bond acceptors (Lipinski definition) is 3. The quantitative estimate of drug-likeness (QED) is 0.596. The number of carbonyl (C=O) groups is 1. The molecule has 1 aliphatic rings. The van der Waals surface area contributed by atoms with Crippen molar-refractivity contribution in [2.75, 3.05) is 32.1 Å². The van der Waals surface area contributed by atoms with Gasteiger partial charge in [-0.1, -0.05) is 36.4 Å². The smallest absolute Gasteiger partial charge is 0.244 e. The van der Waals surface area contributed by atoms with Gasteiger partial charge in [-0.15, -0.1) is 0 Å². The molecule has 2 aromatic rings. The second-order valence-electron chi connectivity index (χ2n) is 7.07. The van der Waals surface area contributed by atoms with E-state index < -0.39 is 0 Å². The molecule has 0 saturated carbocycles. The van der Waals surface area contributed by atoms with Crippen LogP contribution in [0, 0.1) is 5.92 Å². The van der Waals surface area contributed by atoms with Crippen LogP contribution in [0.2, 0.25) is 0 Å². The third-order valence-electron chi connectivity index (χ3n) is 5.06. The van der Waals surface area contributed by atoms with Crippen LogP contribution in [0.1, 0.15) is 18.4 Å². The Morgan fingerprint density at radius 3 is 2.64 bits per heavy atom. The Morgan fingerprint density at radius 1 is 1.18 bits per heavy atom. The van der Waals surface area contributed by atoms with Crippen molar-refractivity contribution in [2.45, 2.75) is 19.3 Å². The van der Waals surface area contributed by atoms with E-state index in [0.29, 0.717) is 5.92 Å². The third-order valence-corrected chi connectivity index (χ3v) is 5.06. The van der Waals surface area contributed by atoms with Crippen LogP contribution in [-0.2, 0) is 11.2 Å². The first-order chi connectivity index (χ1) is 13.6. The number of likely N-dealkylation sites (tertiary alicyclic amines) is 1. The number of nitrogens with zero attached hydrogens (tertiary/aromatic N) is 2. The number of amides is 1. The van der Waals surface area contributed by atoms with E-state index in [2.05, 4.69) is 34.6 Å². The molecule has 0 bridgehead atoms. The van der Waals surface area contributed by atoms with Gasteiger partial charge < -0.3 is 20.7 Å². The fourth-order valence-corrected chi connectivity index (χ4v) is 3.47. The molecule has 0 atom stereocenters. The number of guanidine groups is 1. The second-order valence-corrected chi connectivity index (χ2v) is 7.07. The molecular weight excluding hydrogens is 352 g/mol. The summed E-state index contributed by atoms with van der Waals surface area (Å²) >= 11 is 0. The van der Waals surface area contributed by atoms with Crippen LogP contribution in [0.15, 0.2) is 59.6 Å². The minimum Gasteiger partial charge on any atom is -0.497 e. The summed E-state index contributed by atoms with van der Waals surface area (Å²) in [6, 6.07) is 17.9. The van der Waals surface area contributed by atoms with Crippen LogP contribution in [-0.4, -0.2) is 43.5 Å². The molecule has 0 spiro atoms. The SMILES string of the molecule is COc1cccc(NC(N)=NCC(=O)N2CCC(Cc3ccccc3)CC2)c1. The summed E-state index contributed by atoms with van der Waals surface area (Å²) < 4.78 is 5.18. The average molecular weight is 380 g/mol. The van der Waals surface area contributed by atoms with Crippen LogP contribution < -0.4 is 15.8 Å². The highest BCUT2D eigenvalue weighted by atomic mass is 16.5. The second kappa shape index (κ2) is 9.78. The zero-order valence-corrected chi connectivity index (χ0v) is 16.3. The molecule has 1 amide bonds. The number of piperidine rings is 1. The molecule has 1 aliphatic heterocycles. The van der Waals surface area contributed by atoms with Gasteiger partial charge in [0, 0.05) is 24.8 Å². The minimum atomic E-state index is 0.0218. The number of hydrogen-bond donors (Lipinski definition) is 2. The van der Waals surface area contributed by atoms with Crippen molar-refractivity contribution in [1.29, 1.82) is 0 Å². The molecule has 3 rings (SSSR count). The lowest BCUT2D eigenvalue weighted by Gasteiger charge is -2.31. The topological polar surface area (TPSA) is 80.0 Å². The lowest BCUT2D eigenvalue weighted by atomic mass is 9.90. The monoisotopic (exact) mass is 380 g/mol. The van der Waals surface area contributed by atoms with Crippen molar-refractivity contribution >= 4 is 17.6 Å².